The van der Waals surface area contributed by atoms with E-state index >= 15 is 0 Å². The van der Waals surface area contributed by atoms with Gasteiger partial charge in [-0.1, -0.05) is 13.8 Å². The quantitative estimate of drug-likeness (QED) is 0.606. The monoisotopic (exact) mass is 170 g/mol. The number of ketones is 2. The maximum Gasteiger partial charge on any atom is 0.148 e. The van der Waals surface area contributed by atoms with Crippen molar-refractivity contribution in [3.05, 3.63) is 0 Å². The molecule has 12 heavy (non-hydrogen) atoms. The Hall–Kier alpha value is -0.660. The smallest absolute Gasteiger partial charge is 0.148 e. The molecule has 1 atom stereocenters. The molecule has 0 aromatic heterocycles. The number of rotatable bonds is 4. The van der Waals surface area contributed by atoms with Gasteiger partial charge in [-0.2, -0.15) is 0 Å². The summed E-state index contributed by atoms with van der Waals surface area (Å²) in [7, 11) is 0. The number of hydrogen-bond acceptors (Lipinski definition) is 2. The third kappa shape index (κ3) is 2.16. The van der Waals surface area contributed by atoms with E-state index in [1.807, 2.05) is 13.8 Å². The normalized spacial score (nSPS) is 14.1. The van der Waals surface area contributed by atoms with Crippen LogP contribution in [0.3, 0.4) is 0 Å². The van der Waals surface area contributed by atoms with Crippen LogP contribution in [0.1, 0.15) is 41.0 Å². The number of carbonyl (C=O) groups excluding carboxylic acids is 2. The van der Waals surface area contributed by atoms with Crippen molar-refractivity contribution in [3.63, 3.8) is 0 Å². The molecule has 0 spiro atoms. The summed E-state index contributed by atoms with van der Waals surface area (Å²) in [5.74, 6) is -0.00537. The molecule has 0 heterocycles. The summed E-state index contributed by atoms with van der Waals surface area (Å²) in [6.45, 7) is 8.69. The molecule has 0 aliphatic rings. The third-order valence-electron chi connectivity index (χ3n) is 2.56. The van der Waals surface area contributed by atoms with Crippen molar-refractivity contribution in [1.82, 2.24) is 0 Å². The van der Waals surface area contributed by atoms with Crippen molar-refractivity contribution in [1.29, 1.82) is 0 Å². The Morgan fingerprint density at radius 2 is 1.75 bits per heavy atom. The van der Waals surface area contributed by atoms with E-state index in [1.165, 1.54) is 6.92 Å². The van der Waals surface area contributed by atoms with Crippen LogP contribution in [0.4, 0.5) is 0 Å². The van der Waals surface area contributed by atoms with Gasteiger partial charge < -0.3 is 0 Å². The van der Waals surface area contributed by atoms with E-state index < -0.39 is 5.41 Å². The lowest BCUT2D eigenvalue weighted by Crippen LogP contribution is -2.35. The average molecular weight is 170 g/mol. The summed E-state index contributed by atoms with van der Waals surface area (Å²) in [5.41, 5.74) is -0.796. The van der Waals surface area contributed by atoms with Crippen LogP contribution >= 0.6 is 0 Å². The highest BCUT2D eigenvalue weighted by Crippen LogP contribution is 2.23. The molecule has 0 aromatic carbocycles. The van der Waals surface area contributed by atoms with Gasteiger partial charge in [0, 0.05) is 5.92 Å². The number of carbonyl (C=O) groups is 2. The lowest BCUT2D eigenvalue weighted by Gasteiger charge is -2.22. The third-order valence-corrected chi connectivity index (χ3v) is 2.56. The van der Waals surface area contributed by atoms with Crippen LogP contribution in [0.25, 0.3) is 0 Å². The van der Waals surface area contributed by atoms with Gasteiger partial charge in [0.1, 0.15) is 11.6 Å². The van der Waals surface area contributed by atoms with Crippen molar-refractivity contribution in [2.45, 2.75) is 41.0 Å². The average Bonchev–Trinajstić information content (AvgIpc) is 2.01. The van der Waals surface area contributed by atoms with E-state index in [0.717, 1.165) is 6.42 Å². The van der Waals surface area contributed by atoms with Crippen molar-refractivity contribution in [3.8, 4) is 0 Å². The highest BCUT2D eigenvalue weighted by atomic mass is 16.2. The van der Waals surface area contributed by atoms with Gasteiger partial charge in [-0.15, -0.1) is 0 Å². The molecule has 0 amide bonds. The molecule has 0 N–H and O–H groups in total. The van der Waals surface area contributed by atoms with Gasteiger partial charge in [-0.3, -0.25) is 9.59 Å². The van der Waals surface area contributed by atoms with Gasteiger partial charge in [-0.05, 0) is 27.2 Å². The summed E-state index contributed by atoms with van der Waals surface area (Å²) in [4.78, 5) is 22.7. The van der Waals surface area contributed by atoms with Crippen LogP contribution in [0.5, 0.6) is 0 Å². The van der Waals surface area contributed by atoms with E-state index in [9.17, 15) is 9.59 Å². The molecule has 0 radical (unpaired) electrons. The summed E-state index contributed by atoms with van der Waals surface area (Å²) in [5, 5.41) is 0. The second-order valence-corrected chi connectivity index (χ2v) is 3.85. The first-order chi connectivity index (χ1) is 5.34. The molecule has 1 unspecified atom stereocenters. The first-order valence-electron chi connectivity index (χ1n) is 4.39. The Morgan fingerprint density at radius 1 is 1.33 bits per heavy atom. The summed E-state index contributed by atoms with van der Waals surface area (Å²) in [6.07, 6.45) is 0.801. The molecule has 2 nitrogen and oxygen atoms in total. The molecule has 0 aromatic rings. The molecule has 0 aliphatic heterocycles. The minimum Gasteiger partial charge on any atom is -0.299 e. The maximum atomic E-state index is 11.6. The van der Waals surface area contributed by atoms with E-state index in [0.29, 0.717) is 0 Å². The minimum atomic E-state index is -0.796. The molecule has 2 heteroatoms. The Labute approximate surface area is 74.3 Å². The molecule has 0 fully saturated rings. The van der Waals surface area contributed by atoms with Gasteiger partial charge in [0.2, 0.25) is 0 Å². The number of hydrogen-bond donors (Lipinski definition) is 0. The molecule has 0 bridgehead atoms. The lowest BCUT2D eigenvalue weighted by atomic mass is 9.78. The lowest BCUT2D eigenvalue weighted by molar-refractivity contribution is -0.139. The second kappa shape index (κ2) is 3.83. The second-order valence-electron chi connectivity index (χ2n) is 3.85. The Morgan fingerprint density at radius 3 is 2.00 bits per heavy atom. The van der Waals surface area contributed by atoms with Gasteiger partial charge >= 0.3 is 0 Å². The van der Waals surface area contributed by atoms with Crippen molar-refractivity contribution < 1.29 is 9.59 Å². The zero-order valence-corrected chi connectivity index (χ0v) is 8.60. The SMILES string of the molecule is CCC(C)C(=O)C(C)(C)C(C)=O. The Kier molecular flexibility index (Phi) is 3.62. The van der Waals surface area contributed by atoms with Gasteiger partial charge in [0.25, 0.3) is 0 Å². The van der Waals surface area contributed by atoms with Gasteiger partial charge in [0.05, 0.1) is 5.41 Å². The van der Waals surface area contributed by atoms with Crippen LogP contribution in [-0.2, 0) is 9.59 Å². The van der Waals surface area contributed by atoms with E-state index in [-0.39, 0.29) is 17.5 Å². The molecular weight excluding hydrogens is 152 g/mol. The van der Waals surface area contributed by atoms with E-state index in [4.69, 9.17) is 0 Å². The molecule has 0 rings (SSSR count). The van der Waals surface area contributed by atoms with Crippen LogP contribution in [-0.4, -0.2) is 11.6 Å². The topological polar surface area (TPSA) is 34.1 Å². The van der Waals surface area contributed by atoms with Crippen LogP contribution in [0.2, 0.25) is 0 Å². The van der Waals surface area contributed by atoms with Crippen molar-refractivity contribution in [2.75, 3.05) is 0 Å². The fourth-order valence-corrected chi connectivity index (χ4v) is 0.975. The van der Waals surface area contributed by atoms with E-state index in [2.05, 4.69) is 0 Å². The number of Topliss-reactive ketones (excluding diaryl/α,β-unsaturated/α-hetero) is 2. The zero-order valence-electron chi connectivity index (χ0n) is 8.60. The molecule has 0 saturated heterocycles. The molecule has 0 saturated carbocycles. The summed E-state index contributed by atoms with van der Waals surface area (Å²) >= 11 is 0. The summed E-state index contributed by atoms with van der Waals surface area (Å²) in [6, 6.07) is 0. The van der Waals surface area contributed by atoms with Crippen LogP contribution < -0.4 is 0 Å². The molecule has 70 valence electrons. The highest BCUT2D eigenvalue weighted by molar-refractivity contribution is 6.05. The predicted molar refractivity (Wildman–Crippen MR) is 48.9 cm³/mol. The zero-order chi connectivity index (χ0) is 9.94. The van der Waals surface area contributed by atoms with Gasteiger partial charge in [-0.25, -0.2) is 0 Å². The molecule has 0 aliphatic carbocycles. The first-order valence-corrected chi connectivity index (χ1v) is 4.39. The Balaban J connectivity index is 4.57. The standard InChI is InChI=1S/C10H18O2/c1-6-7(2)9(12)10(4,5)8(3)11/h7H,6H2,1-5H3. The summed E-state index contributed by atoms with van der Waals surface area (Å²) < 4.78 is 0. The first kappa shape index (κ1) is 11.3. The highest BCUT2D eigenvalue weighted by Gasteiger charge is 2.34. The predicted octanol–water partition coefficient (Wildman–Crippen LogP) is 2.22. The van der Waals surface area contributed by atoms with Crippen LogP contribution in [0, 0.1) is 11.3 Å². The van der Waals surface area contributed by atoms with Crippen LogP contribution in [0.15, 0.2) is 0 Å². The van der Waals surface area contributed by atoms with E-state index in [1.54, 1.807) is 13.8 Å². The maximum absolute atomic E-state index is 11.6. The fraction of sp³-hybridized carbons (Fsp3) is 0.800. The van der Waals surface area contributed by atoms with Gasteiger partial charge in [0.15, 0.2) is 0 Å². The fourth-order valence-electron chi connectivity index (χ4n) is 0.975. The minimum absolute atomic E-state index is 0.0103. The van der Waals surface area contributed by atoms with Crippen molar-refractivity contribution >= 4 is 11.6 Å². The largest absolute Gasteiger partial charge is 0.299 e. The van der Waals surface area contributed by atoms with Crippen molar-refractivity contribution in [2.24, 2.45) is 11.3 Å². The Bertz CT molecular complexity index is 192. The molecular formula is C10H18O2.